The van der Waals surface area contributed by atoms with Crippen LogP contribution in [0.2, 0.25) is 0 Å². The van der Waals surface area contributed by atoms with Crippen LogP contribution in [0.4, 0.5) is 11.5 Å². The lowest BCUT2D eigenvalue weighted by Gasteiger charge is -2.12. The van der Waals surface area contributed by atoms with E-state index < -0.39 is 0 Å². The van der Waals surface area contributed by atoms with Crippen molar-refractivity contribution in [3.8, 4) is 0 Å². The zero-order valence-corrected chi connectivity index (χ0v) is 12.2. The van der Waals surface area contributed by atoms with Crippen LogP contribution in [0, 0.1) is 0 Å². The minimum Gasteiger partial charge on any atom is -0.380 e. The predicted molar refractivity (Wildman–Crippen MR) is 87.6 cm³/mol. The number of rotatable bonds is 4. The SMILES string of the molecule is CN(C)c1ccc(NCc2ccc3cnccc3c2)cn1. The van der Waals surface area contributed by atoms with Gasteiger partial charge in [0.15, 0.2) is 0 Å². The van der Waals surface area contributed by atoms with Crippen molar-refractivity contribution in [3.05, 3.63) is 60.6 Å². The minimum absolute atomic E-state index is 0.779. The number of nitrogens with one attached hydrogen (secondary N) is 1. The van der Waals surface area contributed by atoms with Gasteiger partial charge in [-0.3, -0.25) is 4.98 Å². The quantitative estimate of drug-likeness (QED) is 0.795. The number of nitrogens with zero attached hydrogens (tertiary/aromatic N) is 3. The van der Waals surface area contributed by atoms with Crippen molar-refractivity contribution in [2.45, 2.75) is 6.54 Å². The van der Waals surface area contributed by atoms with Gasteiger partial charge in [-0.25, -0.2) is 4.98 Å². The van der Waals surface area contributed by atoms with Crippen molar-refractivity contribution in [3.63, 3.8) is 0 Å². The molecule has 0 fully saturated rings. The van der Waals surface area contributed by atoms with Crippen molar-refractivity contribution < 1.29 is 0 Å². The Morgan fingerprint density at radius 2 is 1.90 bits per heavy atom. The summed E-state index contributed by atoms with van der Waals surface area (Å²) >= 11 is 0. The fourth-order valence-corrected chi connectivity index (χ4v) is 2.20. The molecule has 0 unspecified atom stereocenters. The third-order valence-corrected chi connectivity index (χ3v) is 3.41. The molecule has 0 bridgehead atoms. The third-order valence-electron chi connectivity index (χ3n) is 3.41. The molecular formula is C17H18N4. The van der Waals surface area contributed by atoms with E-state index in [1.807, 2.05) is 55.8 Å². The van der Waals surface area contributed by atoms with Gasteiger partial charge in [0.25, 0.3) is 0 Å². The number of fused-ring (bicyclic) bond motifs is 1. The maximum absolute atomic E-state index is 4.40. The molecule has 2 heterocycles. The first-order valence-corrected chi connectivity index (χ1v) is 6.92. The van der Waals surface area contributed by atoms with Gasteiger partial charge in [0.05, 0.1) is 11.9 Å². The normalized spacial score (nSPS) is 10.6. The first kappa shape index (κ1) is 13.4. The molecule has 1 N–H and O–H groups in total. The van der Waals surface area contributed by atoms with Crippen LogP contribution < -0.4 is 10.2 Å². The fraction of sp³-hybridized carbons (Fsp3) is 0.176. The van der Waals surface area contributed by atoms with Crippen LogP contribution >= 0.6 is 0 Å². The highest BCUT2D eigenvalue weighted by atomic mass is 15.1. The average Bonchev–Trinajstić information content (AvgIpc) is 2.53. The molecule has 0 aliphatic rings. The number of hydrogen-bond donors (Lipinski definition) is 1. The minimum atomic E-state index is 0.779. The van der Waals surface area contributed by atoms with E-state index in [1.54, 1.807) is 0 Å². The summed E-state index contributed by atoms with van der Waals surface area (Å²) in [7, 11) is 3.97. The van der Waals surface area contributed by atoms with E-state index in [-0.39, 0.29) is 0 Å². The Bertz CT molecular complexity index is 735. The highest BCUT2D eigenvalue weighted by Crippen LogP contribution is 2.16. The first-order chi connectivity index (χ1) is 10.2. The second-order valence-corrected chi connectivity index (χ2v) is 5.21. The van der Waals surface area contributed by atoms with E-state index in [2.05, 4.69) is 33.5 Å². The summed E-state index contributed by atoms with van der Waals surface area (Å²) in [4.78, 5) is 10.5. The molecule has 0 aliphatic carbocycles. The standard InChI is InChI=1S/C17H18N4/c1-21(2)17-6-5-16(12-20-17)19-10-13-3-4-15-11-18-8-7-14(15)9-13/h3-9,11-12,19H,10H2,1-2H3. The molecule has 21 heavy (non-hydrogen) atoms. The number of hydrogen-bond acceptors (Lipinski definition) is 4. The fourth-order valence-electron chi connectivity index (χ4n) is 2.20. The molecule has 1 aromatic carbocycles. The van der Waals surface area contributed by atoms with Crippen LogP contribution in [0.1, 0.15) is 5.56 Å². The summed E-state index contributed by atoms with van der Waals surface area (Å²) in [6.07, 6.45) is 5.57. The summed E-state index contributed by atoms with van der Waals surface area (Å²) in [6, 6.07) is 12.5. The molecular weight excluding hydrogens is 260 g/mol. The molecule has 0 saturated heterocycles. The van der Waals surface area contributed by atoms with Crippen LogP contribution in [-0.2, 0) is 6.54 Å². The lowest BCUT2D eigenvalue weighted by atomic mass is 10.1. The van der Waals surface area contributed by atoms with Crippen LogP contribution in [0.3, 0.4) is 0 Å². The van der Waals surface area contributed by atoms with Crippen molar-refractivity contribution in [2.24, 2.45) is 0 Å². The zero-order valence-electron chi connectivity index (χ0n) is 12.2. The van der Waals surface area contributed by atoms with Crippen molar-refractivity contribution in [1.82, 2.24) is 9.97 Å². The van der Waals surface area contributed by atoms with E-state index in [1.165, 1.54) is 16.3 Å². The van der Waals surface area contributed by atoms with Gasteiger partial charge < -0.3 is 10.2 Å². The number of anilines is 2. The Hall–Kier alpha value is -2.62. The van der Waals surface area contributed by atoms with Gasteiger partial charge >= 0.3 is 0 Å². The monoisotopic (exact) mass is 278 g/mol. The van der Waals surface area contributed by atoms with Gasteiger partial charge in [-0.15, -0.1) is 0 Å². The Kier molecular flexibility index (Phi) is 3.69. The molecule has 3 aromatic rings. The van der Waals surface area contributed by atoms with Gasteiger partial charge in [-0.2, -0.15) is 0 Å². The van der Waals surface area contributed by atoms with E-state index in [0.717, 1.165) is 18.1 Å². The summed E-state index contributed by atoms with van der Waals surface area (Å²) < 4.78 is 0. The molecule has 4 heteroatoms. The molecule has 0 amide bonds. The van der Waals surface area contributed by atoms with Crippen LogP contribution in [0.5, 0.6) is 0 Å². The highest BCUT2D eigenvalue weighted by molar-refractivity contribution is 5.82. The molecule has 0 atom stereocenters. The highest BCUT2D eigenvalue weighted by Gasteiger charge is 1.99. The second kappa shape index (κ2) is 5.79. The summed E-state index contributed by atoms with van der Waals surface area (Å²) in [5, 5.41) is 5.77. The van der Waals surface area contributed by atoms with Gasteiger partial charge in [0.2, 0.25) is 0 Å². The Morgan fingerprint density at radius 3 is 2.67 bits per heavy atom. The first-order valence-electron chi connectivity index (χ1n) is 6.92. The molecule has 3 rings (SSSR count). The number of aromatic nitrogens is 2. The summed E-state index contributed by atoms with van der Waals surface area (Å²) in [5.74, 6) is 0.957. The second-order valence-electron chi connectivity index (χ2n) is 5.21. The van der Waals surface area contributed by atoms with Gasteiger partial charge in [-0.05, 0) is 35.2 Å². The van der Waals surface area contributed by atoms with E-state index >= 15 is 0 Å². The average molecular weight is 278 g/mol. The maximum Gasteiger partial charge on any atom is 0.128 e. The van der Waals surface area contributed by atoms with Crippen molar-refractivity contribution in [2.75, 3.05) is 24.3 Å². The molecule has 0 spiro atoms. The topological polar surface area (TPSA) is 41.0 Å². The molecule has 2 aromatic heterocycles. The van der Waals surface area contributed by atoms with E-state index in [4.69, 9.17) is 0 Å². The Balaban J connectivity index is 1.71. The lowest BCUT2D eigenvalue weighted by Crippen LogP contribution is -2.10. The molecule has 0 saturated carbocycles. The zero-order chi connectivity index (χ0) is 14.7. The largest absolute Gasteiger partial charge is 0.380 e. The molecule has 106 valence electrons. The van der Waals surface area contributed by atoms with Gasteiger partial charge in [0, 0.05) is 38.4 Å². The number of pyridine rings is 2. The van der Waals surface area contributed by atoms with Crippen LogP contribution in [-0.4, -0.2) is 24.1 Å². The summed E-state index contributed by atoms with van der Waals surface area (Å²) in [5.41, 5.74) is 2.26. The Morgan fingerprint density at radius 1 is 1.00 bits per heavy atom. The smallest absolute Gasteiger partial charge is 0.128 e. The summed E-state index contributed by atoms with van der Waals surface area (Å²) in [6.45, 7) is 0.779. The predicted octanol–water partition coefficient (Wildman–Crippen LogP) is 3.31. The van der Waals surface area contributed by atoms with Crippen molar-refractivity contribution >= 4 is 22.3 Å². The lowest BCUT2D eigenvalue weighted by molar-refractivity contribution is 1.06. The maximum atomic E-state index is 4.40. The molecule has 0 aliphatic heterocycles. The Labute approximate surface area is 124 Å². The van der Waals surface area contributed by atoms with Gasteiger partial charge in [0.1, 0.15) is 5.82 Å². The molecule has 0 radical (unpaired) electrons. The third kappa shape index (κ3) is 3.11. The van der Waals surface area contributed by atoms with Gasteiger partial charge in [-0.1, -0.05) is 12.1 Å². The van der Waals surface area contributed by atoms with E-state index in [9.17, 15) is 0 Å². The molecule has 4 nitrogen and oxygen atoms in total. The van der Waals surface area contributed by atoms with Crippen LogP contribution in [0.15, 0.2) is 55.0 Å². The van der Waals surface area contributed by atoms with Crippen molar-refractivity contribution in [1.29, 1.82) is 0 Å². The van der Waals surface area contributed by atoms with E-state index in [0.29, 0.717) is 0 Å². The van der Waals surface area contributed by atoms with Crippen LogP contribution in [0.25, 0.3) is 10.8 Å². The number of benzene rings is 1.